The maximum Gasteiger partial charge on any atom is 0.491 e. The number of hydrogen-bond acceptors (Lipinski definition) is 4. The highest BCUT2D eigenvalue weighted by atomic mass is 16.7. The first kappa shape index (κ1) is 15.6. The smallest absolute Gasteiger partial charge is 0.463 e. The zero-order chi connectivity index (χ0) is 15.1. The largest absolute Gasteiger partial charge is 0.491 e. The van der Waals surface area contributed by atoms with E-state index in [1.54, 1.807) is 0 Å². The van der Waals surface area contributed by atoms with Gasteiger partial charge in [0.2, 0.25) is 0 Å². The maximum absolute atomic E-state index is 12.2. The Kier molecular flexibility index (Phi) is 4.04. The minimum absolute atomic E-state index is 0.211. The van der Waals surface area contributed by atoms with Crippen LogP contribution in [0.1, 0.15) is 54.4 Å². The van der Waals surface area contributed by atoms with Gasteiger partial charge in [-0.05, 0) is 58.9 Å². The van der Waals surface area contributed by atoms with Crippen LogP contribution in [0.4, 0.5) is 0 Å². The van der Waals surface area contributed by atoms with Crippen LogP contribution >= 0.6 is 0 Å². The van der Waals surface area contributed by atoms with Gasteiger partial charge < -0.3 is 14.0 Å². The van der Waals surface area contributed by atoms with Crippen molar-refractivity contribution in [2.75, 3.05) is 6.61 Å². The van der Waals surface area contributed by atoms with Crippen LogP contribution < -0.4 is 0 Å². The van der Waals surface area contributed by atoms with E-state index >= 15 is 0 Å². The van der Waals surface area contributed by atoms with E-state index in [4.69, 9.17) is 14.0 Å². The van der Waals surface area contributed by atoms with Crippen molar-refractivity contribution in [1.29, 1.82) is 0 Å². The highest BCUT2D eigenvalue weighted by Gasteiger charge is 2.54. The fourth-order valence-electron chi connectivity index (χ4n) is 2.74. The molecule has 0 radical (unpaired) electrons. The maximum atomic E-state index is 12.2. The van der Waals surface area contributed by atoms with Crippen molar-refractivity contribution in [1.82, 2.24) is 0 Å². The summed E-state index contributed by atoms with van der Waals surface area (Å²) in [6, 6.07) is 0. The van der Waals surface area contributed by atoms with Gasteiger partial charge in [0.25, 0.3) is 0 Å². The molecule has 2 rings (SSSR count). The molecule has 0 N–H and O–H groups in total. The normalized spacial score (nSPS) is 28.1. The molecule has 0 aromatic carbocycles. The van der Waals surface area contributed by atoms with Crippen molar-refractivity contribution in [2.45, 2.75) is 65.6 Å². The quantitative estimate of drug-likeness (QED) is 0.589. The first-order chi connectivity index (χ1) is 9.19. The number of carbonyl (C=O) groups excluding carboxylic acids is 1. The van der Waals surface area contributed by atoms with Gasteiger partial charge in [0.15, 0.2) is 0 Å². The van der Waals surface area contributed by atoms with Crippen molar-refractivity contribution in [3.63, 3.8) is 0 Å². The summed E-state index contributed by atoms with van der Waals surface area (Å²) in [6.07, 6.45) is 1.79. The molecule has 5 heteroatoms. The third-order valence-corrected chi connectivity index (χ3v) is 4.72. The predicted molar refractivity (Wildman–Crippen MR) is 78.1 cm³/mol. The summed E-state index contributed by atoms with van der Waals surface area (Å²) < 4.78 is 17.3. The molecule has 0 amide bonds. The molecule has 0 aromatic heterocycles. The highest BCUT2D eigenvalue weighted by Crippen LogP contribution is 2.43. The third-order valence-electron chi connectivity index (χ3n) is 4.72. The Morgan fingerprint density at radius 3 is 2.35 bits per heavy atom. The van der Waals surface area contributed by atoms with E-state index < -0.39 is 7.12 Å². The van der Waals surface area contributed by atoms with Gasteiger partial charge >= 0.3 is 13.1 Å². The minimum Gasteiger partial charge on any atom is -0.463 e. The summed E-state index contributed by atoms with van der Waals surface area (Å²) in [4.78, 5) is 12.2. The molecule has 2 aliphatic rings. The molecule has 1 aliphatic carbocycles. The van der Waals surface area contributed by atoms with Gasteiger partial charge in [-0.1, -0.05) is 6.92 Å². The highest BCUT2D eigenvalue weighted by molar-refractivity contribution is 6.55. The number of esters is 1. The summed E-state index contributed by atoms with van der Waals surface area (Å²) in [5.74, 6) is -0.00899. The minimum atomic E-state index is -0.427. The van der Waals surface area contributed by atoms with Crippen molar-refractivity contribution in [2.24, 2.45) is 5.92 Å². The Hall–Kier alpha value is -0.805. The van der Waals surface area contributed by atoms with E-state index in [-0.39, 0.29) is 23.1 Å². The van der Waals surface area contributed by atoms with Crippen molar-refractivity contribution >= 4 is 13.1 Å². The summed E-state index contributed by atoms with van der Waals surface area (Å²) in [5, 5.41) is 0. The zero-order valence-electron chi connectivity index (χ0n) is 13.4. The van der Waals surface area contributed by atoms with Crippen molar-refractivity contribution in [3.8, 4) is 0 Å². The van der Waals surface area contributed by atoms with Crippen LogP contribution in [0.3, 0.4) is 0 Å². The van der Waals surface area contributed by atoms with Gasteiger partial charge in [0, 0.05) is 5.57 Å². The summed E-state index contributed by atoms with van der Waals surface area (Å²) >= 11 is 0. The van der Waals surface area contributed by atoms with E-state index in [2.05, 4.69) is 6.92 Å². The molecule has 0 aromatic rings. The van der Waals surface area contributed by atoms with E-state index in [1.807, 2.05) is 34.6 Å². The van der Waals surface area contributed by atoms with Crippen LogP contribution in [0.15, 0.2) is 11.0 Å². The van der Waals surface area contributed by atoms with E-state index in [0.29, 0.717) is 6.61 Å². The summed E-state index contributed by atoms with van der Waals surface area (Å²) in [7, 11) is -0.427. The van der Waals surface area contributed by atoms with E-state index in [1.165, 1.54) is 0 Å². The molecule has 20 heavy (non-hydrogen) atoms. The van der Waals surface area contributed by atoms with E-state index in [0.717, 1.165) is 23.9 Å². The zero-order valence-corrected chi connectivity index (χ0v) is 13.4. The van der Waals surface area contributed by atoms with Gasteiger partial charge in [0.05, 0.1) is 17.8 Å². The standard InChI is InChI=1S/C15H25BO4/c1-7-18-13(17)12-10(2)8-9-11(12)16-19-14(3,4)15(5,6)20-16/h10H,7-9H2,1-6H3. The first-order valence-electron chi connectivity index (χ1n) is 7.45. The Bertz CT molecular complexity index is 423. The molecule has 112 valence electrons. The van der Waals surface area contributed by atoms with Crippen LogP contribution in [0.25, 0.3) is 0 Å². The van der Waals surface area contributed by atoms with Crippen LogP contribution in [0.5, 0.6) is 0 Å². The van der Waals surface area contributed by atoms with Crippen LogP contribution in [0, 0.1) is 5.92 Å². The van der Waals surface area contributed by atoms with Gasteiger partial charge in [0.1, 0.15) is 0 Å². The monoisotopic (exact) mass is 280 g/mol. The molecular weight excluding hydrogens is 255 g/mol. The Labute approximate surface area is 122 Å². The molecule has 1 aliphatic heterocycles. The third kappa shape index (κ3) is 2.53. The average molecular weight is 280 g/mol. The molecule has 1 unspecified atom stereocenters. The average Bonchev–Trinajstić information content (AvgIpc) is 2.78. The van der Waals surface area contributed by atoms with Gasteiger partial charge in [-0.2, -0.15) is 0 Å². The molecule has 0 spiro atoms. The van der Waals surface area contributed by atoms with Crippen LogP contribution in [-0.4, -0.2) is 30.9 Å². The number of carbonyl (C=O) groups is 1. The second kappa shape index (κ2) is 5.19. The van der Waals surface area contributed by atoms with Gasteiger partial charge in [-0.25, -0.2) is 4.79 Å². The van der Waals surface area contributed by atoms with Gasteiger partial charge in [-0.3, -0.25) is 0 Å². The van der Waals surface area contributed by atoms with Crippen LogP contribution in [0.2, 0.25) is 0 Å². The molecule has 1 heterocycles. The van der Waals surface area contributed by atoms with Crippen molar-refractivity contribution in [3.05, 3.63) is 11.0 Å². The predicted octanol–water partition coefficient (Wildman–Crippen LogP) is 2.91. The van der Waals surface area contributed by atoms with Crippen molar-refractivity contribution < 1.29 is 18.8 Å². The molecule has 4 nitrogen and oxygen atoms in total. The molecular formula is C15H25BO4. The SMILES string of the molecule is CCOC(=O)C1=C(B2OC(C)(C)C(C)(C)O2)CCC1C. The van der Waals surface area contributed by atoms with E-state index in [9.17, 15) is 4.79 Å². The first-order valence-corrected chi connectivity index (χ1v) is 7.45. The summed E-state index contributed by atoms with van der Waals surface area (Å²) in [6.45, 7) is 12.4. The lowest BCUT2D eigenvalue weighted by atomic mass is 9.75. The fraction of sp³-hybridized carbons (Fsp3) is 0.800. The molecule has 0 saturated carbocycles. The van der Waals surface area contributed by atoms with Crippen LogP contribution in [-0.2, 0) is 18.8 Å². The Morgan fingerprint density at radius 2 is 1.85 bits per heavy atom. The number of hydrogen-bond donors (Lipinski definition) is 0. The molecule has 1 atom stereocenters. The summed E-state index contributed by atoms with van der Waals surface area (Å²) in [5.41, 5.74) is 0.965. The molecule has 1 saturated heterocycles. The molecule has 0 bridgehead atoms. The topological polar surface area (TPSA) is 44.8 Å². The second-order valence-corrected chi connectivity index (χ2v) is 6.69. The van der Waals surface area contributed by atoms with Gasteiger partial charge in [-0.15, -0.1) is 0 Å². The lowest BCUT2D eigenvalue weighted by molar-refractivity contribution is -0.139. The Balaban J connectivity index is 2.29. The Morgan fingerprint density at radius 1 is 1.30 bits per heavy atom. The fourth-order valence-corrected chi connectivity index (χ4v) is 2.74. The number of allylic oxidation sites excluding steroid dienone is 1. The lowest BCUT2D eigenvalue weighted by Crippen LogP contribution is -2.41. The number of rotatable bonds is 3. The second-order valence-electron chi connectivity index (χ2n) is 6.69. The number of ether oxygens (including phenoxy) is 1. The molecule has 1 fully saturated rings. The lowest BCUT2D eigenvalue weighted by Gasteiger charge is -2.32.